The average Bonchev–Trinajstić information content (AvgIpc) is 3.09. The van der Waals surface area contributed by atoms with Crippen molar-refractivity contribution in [3.05, 3.63) is 29.8 Å². The molecule has 3 fully saturated rings. The normalized spacial score (nSPS) is 37.4. The Morgan fingerprint density at radius 3 is 2.50 bits per heavy atom. The SMILES string of the molecule is Cc1ccc(S(=O)(=O)O[C@@H]2CO[C@H]3[C@H]4OC(C)(C)O[C@H]4O[C@@H]32)cc1. The molecule has 0 amide bonds. The van der Waals surface area contributed by atoms with E-state index in [0.717, 1.165) is 5.56 Å². The molecule has 5 atom stereocenters. The standard InChI is InChI=1S/C16H20O7S/c1-9-4-6-10(7-5-9)24(17,18)23-11-8-19-13-12(11)20-15-14(13)21-16(2,3)22-15/h4-7,11-15H,8H2,1-3H3/t11-,12-,13-,14-,15-/m1/s1. The molecule has 7 nitrogen and oxygen atoms in total. The van der Waals surface area contributed by atoms with Gasteiger partial charge in [0, 0.05) is 0 Å². The minimum Gasteiger partial charge on any atom is -0.370 e. The summed E-state index contributed by atoms with van der Waals surface area (Å²) in [5.74, 6) is -0.740. The van der Waals surface area contributed by atoms with Crippen LogP contribution in [0.2, 0.25) is 0 Å². The molecule has 0 spiro atoms. The molecule has 3 saturated heterocycles. The Morgan fingerprint density at radius 2 is 1.79 bits per heavy atom. The predicted octanol–water partition coefficient (Wildman–Crippen LogP) is 1.34. The maximum Gasteiger partial charge on any atom is 0.297 e. The first-order valence-electron chi connectivity index (χ1n) is 7.88. The highest BCUT2D eigenvalue weighted by atomic mass is 32.2. The first-order chi connectivity index (χ1) is 11.3. The van der Waals surface area contributed by atoms with E-state index in [0.29, 0.717) is 0 Å². The van der Waals surface area contributed by atoms with Crippen LogP contribution in [0.5, 0.6) is 0 Å². The zero-order chi connectivity index (χ0) is 17.1. The van der Waals surface area contributed by atoms with Gasteiger partial charge in [-0.05, 0) is 32.9 Å². The van der Waals surface area contributed by atoms with Crippen LogP contribution in [-0.4, -0.2) is 51.5 Å². The summed E-state index contributed by atoms with van der Waals surface area (Å²) in [5.41, 5.74) is 0.974. The summed E-state index contributed by atoms with van der Waals surface area (Å²) in [6.45, 7) is 5.62. The van der Waals surface area contributed by atoms with E-state index in [9.17, 15) is 8.42 Å². The van der Waals surface area contributed by atoms with Crippen LogP contribution >= 0.6 is 0 Å². The highest BCUT2D eigenvalue weighted by Gasteiger charge is 2.60. The number of hydrogen-bond acceptors (Lipinski definition) is 7. The van der Waals surface area contributed by atoms with E-state index in [-0.39, 0.29) is 17.6 Å². The van der Waals surface area contributed by atoms with Crippen molar-refractivity contribution in [3.8, 4) is 0 Å². The second kappa shape index (κ2) is 5.48. The molecule has 0 bridgehead atoms. The van der Waals surface area contributed by atoms with Gasteiger partial charge in [0.15, 0.2) is 12.1 Å². The highest BCUT2D eigenvalue weighted by molar-refractivity contribution is 7.86. The van der Waals surface area contributed by atoms with Gasteiger partial charge in [-0.25, -0.2) is 0 Å². The minimum atomic E-state index is -3.89. The van der Waals surface area contributed by atoms with Gasteiger partial charge in [0.1, 0.15) is 24.4 Å². The van der Waals surface area contributed by atoms with Crippen LogP contribution in [0.3, 0.4) is 0 Å². The molecule has 0 aromatic heterocycles. The lowest BCUT2D eigenvalue weighted by atomic mass is 10.1. The Bertz CT molecular complexity index is 727. The Balaban J connectivity index is 1.49. The summed E-state index contributed by atoms with van der Waals surface area (Å²) < 4.78 is 53.2. The third-order valence-electron chi connectivity index (χ3n) is 4.41. The monoisotopic (exact) mass is 356 g/mol. The third kappa shape index (κ3) is 2.77. The van der Waals surface area contributed by atoms with Gasteiger partial charge in [0.05, 0.1) is 11.5 Å². The van der Waals surface area contributed by atoms with Gasteiger partial charge < -0.3 is 18.9 Å². The number of fused-ring (bicyclic) bond motifs is 3. The van der Waals surface area contributed by atoms with Gasteiger partial charge in [-0.1, -0.05) is 17.7 Å². The van der Waals surface area contributed by atoms with Crippen molar-refractivity contribution in [1.29, 1.82) is 0 Å². The Kier molecular flexibility index (Phi) is 3.76. The van der Waals surface area contributed by atoms with Crippen molar-refractivity contribution in [2.24, 2.45) is 0 Å². The van der Waals surface area contributed by atoms with E-state index in [1.807, 2.05) is 6.92 Å². The van der Waals surface area contributed by atoms with E-state index in [1.54, 1.807) is 26.0 Å². The molecule has 132 valence electrons. The summed E-state index contributed by atoms with van der Waals surface area (Å²) in [4.78, 5) is 0.114. The molecule has 0 radical (unpaired) electrons. The van der Waals surface area contributed by atoms with Gasteiger partial charge >= 0.3 is 0 Å². The lowest BCUT2D eigenvalue weighted by Gasteiger charge is -2.22. The minimum absolute atomic E-state index is 0.114. The van der Waals surface area contributed by atoms with E-state index >= 15 is 0 Å². The number of hydrogen-bond donors (Lipinski definition) is 0. The Morgan fingerprint density at radius 1 is 1.08 bits per heavy atom. The van der Waals surface area contributed by atoms with Crippen LogP contribution in [0.4, 0.5) is 0 Å². The van der Waals surface area contributed by atoms with Gasteiger partial charge in [0.25, 0.3) is 10.1 Å². The maximum atomic E-state index is 12.4. The molecule has 0 unspecified atom stereocenters. The fraction of sp³-hybridized carbons (Fsp3) is 0.625. The van der Waals surface area contributed by atoms with Crippen LogP contribution in [0, 0.1) is 6.92 Å². The first kappa shape index (κ1) is 16.4. The van der Waals surface area contributed by atoms with Crippen LogP contribution < -0.4 is 0 Å². The molecule has 0 saturated carbocycles. The van der Waals surface area contributed by atoms with E-state index in [2.05, 4.69) is 0 Å². The predicted molar refractivity (Wildman–Crippen MR) is 81.7 cm³/mol. The zero-order valence-corrected chi connectivity index (χ0v) is 14.5. The second-order valence-electron chi connectivity index (χ2n) is 6.77. The van der Waals surface area contributed by atoms with Gasteiger partial charge in [-0.15, -0.1) is 0 Å². The van der Waals surface area contributed by atoms with Crippen molar-refractivity contribution in [1.82, 2.24) is 0 Å². The van der Waals surface area contributed by atoms with E-state index in [1.165, 1.54) is 12.1 Å². The Hall–Kier alpha value is -1.03. The van der Waals surface area contributed by atoms with Crippen molar-refractivity contribution < 1.29 is 31.5 Å². The molecule has 3 heterocycles. The average molecular weight is 356 g/mol. The summed E-state index contributed by atoms with van der Waals surface area (Å²) in [6.07, 6.45) is -2.59. The van der Waals surface area contributed by atoms with E-state index < -0.39 is 40.5 Å². The molecule has 3 aliphatic rings. The fourth-order valence-corrected chi connectivity index (χ4v) is 4.37. The van der Waals surface area contributed by atoms with Gasteiger partial charge in [-0.2, -0.15) is 8.42 Å². The molecule has 3 aliphatic heterocycles. The first-order valence-corrected chi connectivity index (χ1v) is 9.29. The van der Waals surface area contributed by atoms with Crippen molar-refractivity contribution in [3.63, 3.8) is 0 Å². The van der Waals surface area contributed by atoms with Gasteiger partial charge in [0.2, 0.25) is 0 Å². The van der Waals surface area contributed by atoms with Crippen LogP contribution in [0.1, 0.15) is 19.4 Å². The molecule has 1 aromatic carbocycles. The van der Waals surface area contributed by atoms with Crippen LogP contribution in [0.15, 0.2) is 29.2 Å². The molecule has 0 aliphatic carbocycles. The van der Waals surface area contributed by atoms with Crippen LogP contribution in [-0.2, 0) is 33.2 Å². The molecule has 0 N–H and O–H groups in total. The van der Waals surface area contributed by atoms with Crippen molar-refractivity contribution in [2.75, 3.05) is 6.61 Å². The number of ether oxygens (including phenoxy) is 4. The molecule has 8 heteroatoms. The van der Waals surface area contributed by atoms with Crippen molar-refractivity contribution in [2.45, 2.75) is 62.2 Å². The summed E-state index contributed by atoms with van der Waals surface area (Å²) in [5, 5.41) is 0. The molecule has 1 aromatic rings. The van der Waals surface area contributed by atoms with Crippen molar-refractivity contribution >= 4 is 10.1 Å². The number of aryl methyl sites for hydroxylation is 1. The highest BCUT2D eigenvalue weighted by Crippen LogP contribution is 2.43. The lowest BCUT2D eigenvalue weighted by Crippen LogP contribution is -2.37. The Labute approximate surface area is 140 Å². The largest absolute Gasteiger partial charge is 0.370 e. The fourth-order valence-electron chi connectivity index (χ4n) is 3.30. The smallest absolute Gasteiger partial charge is 0.297 e. The third-order valence-corrected chi connectivity index (χ3v) is 5.76. The summed E-state index contributed by atoms with van der Waals surface area (Å²) >= 11 is 0. The molecule has 4 rings (SSSR count). The number of rotatable bonds is 3. The zero-order valence-electron chi connectivity index (χ0n) is 13.7. The number of benzene rings is 1. The molecular formula is C16H20O7S. The summed E-state index contributed by atoms with van der Waals surface area (Å²) in [6, 6.07) is 6.50. The lowest BCUT2D eigenvalue weighted by molar-refractivity contribution is -0.213. The quantitative estimate of drug-likeness (QED) is 0.756. The molecular weight excluding hydrogens is 336 g/mol. The summed E-state index contributed by atoms with van der Waals surface area (Å²) in [7, 11) is -3.89. The maximum absolute atomic E-state index is 12.4. The molecule has 24 heavy (non-hydrogen) atoms. The second-order valence-corrected chi connectivity index (χ2v) is 8.34. The topological polar surface area (TPSA) is 80.3 Å². The van der Waals surface area contributed by atoms with Crippen LogP contribution in [0.25, 0.3) is 0 Å². The van der Waals surface area contributed by atoms with Gasteiger partial charge in [-0.3, -0.25) is 4.18 Å². The van der Waals surface area contributed by atoms with E-state index in [4.69, 9.17) is 23.1 Å².